The normalized spacial score (nSPS) is 18.0. The number of fused-ring (bicyclic) bond motifs is 3. The van der Waals surface area contributed by atoms with Gasteiger partial charge in [-0.3, -0.25) is 4.90 Å². The fourth-order valence-electron chi connectivity index (χ4n) is 5.81. The van der Waals surface area contributed by atoms with Gasteiger partial charge in [-0.25, -0.2) is 19.2 Å². The van der Waals surface area contributed by atoms with Crippen molar-refractivity contribution in [2.75, 3.05) is 13.1 Å². The van der Waals surface area contributed by atoms with Crippen LogP contribution in [0.5, 0.6) is 5.88 Å². The summed E-state index contributed by atoms with van der Waals surface area (Å²) in [4.78, 5) is 23.6. The zero-order valence-corrected chi connectivity index (χ0v) is 21.4. The van der Waals surface area contributed by atoms with Gasteiger partial charge < -0.3 is 14.4 Å². The maximum Gasteiger partial charge on any atom is 0.335 e. The predicted octanol–water partition coefficient (Wildman–Crippen LogP) is 5.43. The Morgan fingerprint density at radius 1 is 1.08 bits per heavy atom. The molecule has 1 saturated heterocycles. The fraction of sp³-hybridized carbons (Fsp3) is 0.333. The number of likely N-dealkylation sites (tertiary alicyclic amines) is 1. The Kier molecular flexibility index (Phi) is 6.71. The maximum atomic E-state index is 14.2. The molecule has 2 aliphatic heterocycles. The molecule has 1 N–H and O–H groups in total. The molecule has 1 atom stereocenters. The Balaban J connectivity index is 1.12. The highest BCUT2D eigenvalue weighted by molar-refractivity contribution is 5.92. The molecule has 0 radical (unpaired) electrons. The number of aryl methyl sites for hydroxylation is 1. The van der Waals surface area contributed by atoms with Crippen molar-refractivity contribution in [3.05, 3.63) is 88.6 Å². The van der Waals surface area contributed by atoms with Crippen LogP contribution < -0.4 is 4.74 Å². The van der Waals surface area contributed by atoms with Crippen molar-refractivity contribution in [3.63, 3.8) is 0 Å². The van der Waals surface area contributed by atoms with Crippen LogP contribution in [0.1, 0.15) is 70.6 Å². The summed E-state index contributed by atoms with van der Waals surface area (Å²) in [5.41, 5.74) is 3.66. The number of rotatable bonds is 6. The summed E-state index contributed by atoms with van der Waals surface area (Å²) < 4.78 is 22.2. The Bertz CT molecular complexity index is 1590. The Morgan fingerprint density at radius 2 is 1.92 bits per heavy atom. The van der Waals surface area contributed by atoms with Gasteiger partial charge in [-0.1, -0.05) is 12.1 Å². The van der Waals surface area contributed by atoms with Gasteiger partial charge in [0.15, 0.2) is 0 Å². The van der Waals surface area contributed by atoms with Crippen molar-refractivity contribution in [3.8, 4) is 11.9 Å². The zero-order chi connectivity index (χ0) is 26.9. The van der Waals surface area contributed by atoms with Gasteiger partial charge in [-0.05, 0) is 75.2 Å². The number of imidazole rings is 1. The summed E-state index contributed by atoms with van der Waals surface area (Å²) in [7, 11) is 0. The monoisotopic (exact) mass is 525 g/mol. The molecule has 0 bridgehead atoms. The van der Waals surface area contributed by atoms with Crippen LogP contribution in [0.2, 0.25) is 0 Å². The number of carboxylic acid groups (broad SMARTS) is 1. The number of aromatic carboxylic acids is 1. The first-order valence-electron chi connectivity index (χ1n) is 13.3. The van der Waals surface area contributed by atoms with Crippen LogP contribution >= 0.6 is 0 Å². The minimum Gasteiger partial charge on any atom is -0.478 e. The first-order valence-corrected chi connectivity index (χ1v) is 13.3. The molecule has 4 heterocycles. The number of hydrogen-bond acceptors (Lipinski definition) is 6. The quantitative estimate of drug-likeness (QED) is 0.358. The van der Waals surface area contributed by atoms with Crippen molar-refractivity contribution in [2.24, 2.45) is 0 Å². The summed E-state index contributed by atoms with van der Waals surface area (Å²) in [5, 5.41) is 18.3. The molecular weight excluding hydrogens is 497 g/mol. The lowest BCUT2D eigenvalue weighted by atomic mass is 9.91. The molecule has 0 aliphatic carbocycles. The second-order valence-corrected chi connectivity index (χ2v) is 10.2. The number of carbonyl (C=O) groups is 1. The van der Waals surface area contributed by atoms with Gasteiger partial charge in [-0.2, -0.15) is 5.26 Å². The molecule has 198 valence electrons. The Labute approximate surface area is 225 Å². The minimum atomic E-state index is -0.925. The number of nitrogens with zero attached hydrogens (tertiary/aromatic N) is 5. The highest BCUT2D eigenvalue weighted by Gasteiger charge is 2.32. The fourth-order valence-corrected chi connectivity index (χ4v) is 5.81. The molecule has 6 rings (SSSR count). The molecule has 9 heteroatoms. The lowest BCUT2D eigenvalue weighted by Crippen LogP contribution is -2.39. The maximum absolute atomic E-state index is 14.2. The average molecular weight is 526 g/mol. The molecule has 1 fully saturated rings. The summed E-state index contributed by atoms with van der Waals surface area (Å²) >= 11 is 0. The first-order chi connectivity index (χ1) is 19.0. The van der Waals surface area contributed by atoms with Gasteiger partial charge in [-0.15, -0.1) is 0 Å². The van der Waals surface area contributed by atoms with Crippen LogP contribution in [-0.4, -0.2) is 43.6 Å². The smallest absolute Gasteiger partial charge is 0.335 e. The van der Waals surface area contributed by atoms with E-state index in [1.54, 1.807) is 30.3 Å². The predicted molar refractivity (Wildman–Crippen MR) is 142 cm³/mol. The van der Waals surface area contributed by atoms with E-state index in [9.17, 15) is 14.3 Å². The van der Waals surface area contributed by atoms with E-state index in [1.165, 1.54) is 6.07 Å². The third kappa shape index (κ3) is 4.95. The lowest BCUT2D eigenvalue weighted by Gasteiger charge is -2.39. The molecule has 8 nitrogen and oxygen atoms in total. The minimum absolute atomic E-state index is 0.0447. The Hall–Kier alpha value is -4.29. The van der Waals surface area contributed by atoms with Crippen LogP contribution in [0.4, 0.5) is 4.39 Å². The SMILES string of the molecule is N#Cc1ccc(COc2cccc(C3CCN([C@@H]4CCCn5c4nc4ccc(C(=O)O)cc45)CC3)n2)c(F)c1. The van der Waals surface area contributed by atoms with Crippen molar-refractivity contribution in [2.45, 2.75) is 50.8 Å². The van der Waals surface area contributed by atoms with E-state index in [2.05, 4.69) is 9.47 Å². The number of aromatic nitrogens is 3. The van der Waals surface area contributed by atoms with E-state index in [0.717, 1.165) is 67.9 Å². The Morgan fingerprint density at radius 3 is 2.69 bits per heavy atom. The molecule has 4 aromatic rings. The third-order valence-electron chi connectivity index (χ3n) is 7.87. The van der Waals surface area contributed by atoms with Gasteiger partial charge in [0, 0.05) is 29.8 Å². The van der Waals surface area contributed by atoms with E-state index in [1.807, 2.05) is 24.3 Å². The molecule has 0 spiro atoms. The second kappa shape index (κ2) is 10.5. The van der Waals surface area contributed by atoms with Crippen LogP contribution in [0.15, 0.2) is 54.6 Å². The standard InChI is InChI=1S/C30H28FN5O3/c31-23-15-19(17-32)6-7-22(23)18-39-28-5-1-3-24(33-28)20-10-13-35(14-11-20)26-4-2-12-36-27-16-21(30(37)38)8-9-25(27)34-29(26)36/h1,3,5-9,15-16,20,26H,2,4,10-14,18H2,(H,37,38)/t26-/m1/s1. The van der Waals surface area contributed by atoms with Gasteiger partial charge >= 0.3 is 5.97 Å². The highest BCUT2D eigenvalue weighted by atomic mass is 19.1. The van der Waals surface area contributed by atoms with Crippen molar-refractivity contribution in [1.29, 1.82) is 5.26 Å². The third-order valence-corrected chi connectivity index (χ3v) is 7.87. The number of benzene rings is 2. The second-order valence-electron chi connectivity index (χ2n) is 10.2. The summed E-state index contributed by atoms with van der Waals surface area (Å²) in [6, 6.07) is 17.4. The molecule has 39 heavy (non-hydrogen) atoms. The zero-order valence-electron chi connectivity index (χ0n) is 21.4. The molecule has 0 amide bonds. The molecular formula is C30H28FN5O3. The number of ether oxygens (including phenoxy) is 1. The van der Waals surface area contributed by atoms with Crippen molar-refractivity contribution < 1.29 is 19.0 Å². The van der Waals surface area contributed by atoms with E-state index < -0.39 is 11.8 Å². The number of piperidine rings is 1. The molecule has 2 aromatic carbocycles. The summed E-state index contributed by atoms with van der Waals surface area (Å²) in [6.07, 6.45) is 3.98. The average Bonchev–Trinajstić information content (AvgIpc) is 3.35. The molecule has 0 unspecified atom stereocenters. The van der Waals surface area contributed by atoms with Crippen molar-refractivity contribution in [1.82, 2.24) is 19.4 Å². The number of pyridine rings is 1. The largest absolute Gasteiger partial charge is 0.478 e. The van der Waals surface area contributed by atoms with E-state index in [-0.39, 0.29) is 23.8 Å². The van der Waals surface area contributed by atoms with E-state index in [4.69, 9.17) is 20.0 Å². The summed E-state index contributed by atoms with van der Waals surface area (Å²) in [5.74, 6) is 0.403. The summed E-state index contributed by atoms with van der Waals surface area (Å²) in [6.45, 7) is 2.73. The number of hydrogen-bond donors (Lipinski definition) is 1. The van der Waals surface area contributed by atoms with Gasteiger partial charge in [0.05, 0.1) is 34.3 Å². The number of nitriles is 1. The van der Waals surface area contributed by atoms with E-state index >= 15 is 0 Å². The van der Waals surface area contributed by atoms with Gasteiger partial charge in [0.1, 0.15) is 18.2 Å². The van der Waals surface area contributed by atoms with E-state index in [0.29, 0.717) is 17.4 Å². The number of halogens is 1. The van der Waals surface area contributed by atoms with Crippen LogP contribution in [0.25, 0.3) is 11.0 Å². The molecule has 2 aliphatic rings. The van der Waals surface area contributed by atoms with Crippen LogP contribution in [0.3, 0.4) is 0 Å². The van der Waals surface area contributed by atoms with Crippen LogP contribution in [-0.2, 0) is 13.2 Å². The molecule has 2 aromatic heterocycles. The van der Waals surface area contributed by atoms with Crippen molar-refractivity contribution >= 4 is 17.0 Å². The first kappa shape index (κ1) is 25.0. The van der Waals surface area contributed by atoms with Gasteiger partial charge in [0.2, 0.25) is 5.88 Å². The number of carboxylic acids is 1. The lowest BCUT2D eigenvalue weighted by molar-refractivity contribution is 0.0697. The molecule has 0 saturated carbocycles. The topological polar surface area (TPSA) is 104 Å². The van der Waals surface area contributed by atoms with Crippen LogP contribution in [0, 0.1) is 17.1 Å². The highest BCUT2D eigenvalue weighted by Crippen LogP contribution is 2.37. The van der Waals surface area contributed by atoms with Gasteiger partial charge in [0.25, 0.3) is 0 Å².